The molecule has 1 aromatic rings. The number of rotatable bonds is 1. The molecule has 1 rings (SSSR count). The molecule has 0 bridgehead atoms. The first-order valence-corrected chi connectivity index (χ1v) is 3.75. The van der Waals surface area contributed by atoms with E-state index in [0.717, 1.165) is 0 Å². The molecule has 5 heteroatoms. The van der Waals surface area contributed by atoms with E-state index in [9.17, 15) is 0 Å². The maximum atomic E-state index is 2.10. The minimum Gasteiger partial charge on any atom is -1.00 e. The average molecular weight is 258 g/mol. The minimum atomic E-state index is 0. The van der Waals surface area contributed by atoms with Gasteiger partial charge < -0.3 is 37.2 Å². The molecule has 0 aliphatic rings. The van der Waals surface area contributed by atoms with Gasteiger partial charge in [-0.05, 0) is 18.4 Å². The summed E-state index contributed by atoms with van der Waals surface area (Å²) in [6.07, 6.45) is 2.08. The van der Waals surface area contributed by atoms with Crippen molar-refractivity contribution in [3.05, 3.63) is 30.3 Å². The van der Waals surface area contributed by atoms with Gasteiger partial charge in [-0.15, -0.1) is 11.8 Å². The molecule has 0 saturated carbocycles. The van der Waals surface area contributed by atoms with Gasteiger partial charge in [-0.25, -0.2) is 0 Å². The maximum absolute atomic E-state index is 2.10. The fraction of sp³-hybridized carbons (Fsp3) is 0.143. The van der Waals surface area contributed by atoms with E-state index >= 15 is 0 Å². The molecule has 0 aliphatic heterocycles. The van der Waals surface area contributed by atoms with Crippen molar-refractivity contribution in [3.63, 3.8) is 0 Å². The van der Waals surface area contributed by atoms with E-state index in [4.69, 9.17) is 0 Å². The molecular weight excluding hydrogens is 249 g/mol. The molecule has 1 aromatic carbocycles. The zero-order chi connectivity index (χ0) is 5.82. The van der Waals surface area contributed by atoms with Crippen molar-refractivity contribution in [2.24, 2.45) is 0 Å². The van der Waals surface area contributed by atoms with Gasteiger partial charge in [0.25, 0.3) is 0 Å². The molecule has 0 spiro atoms. The van der Waals surface area contributed by atoms with Gasteiger partial charge in [0.05, 0.1) is 0 Å². The smallest absolute Gasteiger partial charge is 1.00 e. The molecule has 12 heavy (non-hydrogen) atoms. The standard InChI is InChI=1S/C7H8S.Al.3ClH/c1-8-7-5-3-2-4-6-7;;;;/h2-6H,1H3;;3*1H/q;+3;;;/p-3. The van der Waals surface area contributed by atoms with Crippen LogP contribution in [-0.2, 0) is 0 Å². The molecule has 0 amide bonds. The van der Waals surface area contributed by atoms with Crippen molar-refractivity contribution in [3.8, 4) is 0 Å². The van der Waals surface area contributed by atoms with Crippen LogP contribution in [0.2, 0.25) is 0 Å². The van der Waals surface area contributed by atoms with Gasteiger partial charge in [-0.3, -0.25) is 0 Å². The van der Waals surface area contributed by atoms with E-state index in [-0.39, 0.29) is 54.6 Å². The van der Waals surface area contributed by atoms with Gasteiger partial charge in [0.15, 0.2) is 0 Å². The minimum absolute atomic E-state index is 0. The Bertz CT molecular complexity index is 160. The van der Waals surface area contributed by atoms with Crippen LogP contribution in [0.15, 0.2) is 35.2 Å². The van der Waals surface area contributed by atoms with Crippen molar-refractivity contribution in [1.29, 1.82) is 0 Å². The summed E-state index contributed by atoms with van der Waals surface area (Å²) in [5, 5.41) is 0. The van der Waals surface area contributed by atoms with Crippen LogP contribution in [0.25, 0.3) is 0 Å². The van der Waals surface area contributed by atoms with Crippen LogP contribution in [0.3, 0.4) is 0 Å². The Morgan fingerprint density at radius 3 is 1.58 bits per heavy atom. The second-order valence-corrected chi connectivity index (χ2v) is 2.40. The molecule has 0 aliphatic carbocycles. The summed E-state index contributed by atoms with van der Waals surface area (Å²) >= 11 is 1.77. The van der Waals surface area contributed by atoms with Crippen molar-refractivity contribution in [2.75, 3.05) is 6.26 Å². The van der Waals surface area contributed by atoms with Gasteiger partial charge in [-0.1, -0.05) is 18.2 Å². The second kappa shape index (κ2) is 14.5. The molecule has 0 heterocycles. The number of thioether (sulfide) groups is 1. The van der Waals surface area contributed by atoms with E-state index in [1.807, 2.05) is 18.2 Å². The van der Waals surface area contributed by atoms with Gasteiger partial charge in [0.2, 0.25) is 0 Å². The molecule has 0 N–H and O–H groups in total. The Morgan fingerprint density at radius 2 is 1.33 bits per heavy atom. The molecule has 0 aromatic heterocycles. The summed E-state index contributed by atoms with van der Waals surface area (Å²) in [4.78, 5) is 1.33. The number of hydrogen-bond acceptors (Lipinski definition) is 1. The van der Waals surface area contributed by atoms with E-state index < -0.39 is 0 Å². The maximum Gasteiger partial charge on any atom is 3.00 e. The van der Waals surface area contributed by atoms with E-state index in [2.05, 4.69) is 18.4 Å². The first kappa shape index (κ1) is 23.1. The first-order valence-electron chi connectivity index (χ1n) is 2.52. The summed E-state index contributed by atoms with van der Waals surface area (Å²) in [6, 6.07) is 10.3. The Balaban J connectivity index is -0.0000000800. The van der Waals surface area contributed by atoms with Crippen LogP contribution in [-0.4, -0.2) is 23.6 Å². The predicted octanol–water partition coefficient (Wildman–Crippen LogP) is -6.96. The SMILES string of the molecule is CSc1ccccc1.[Al+3].[Cl-].[Cl-].[Cl-]. The van der Waals surface area contributed by atoms with Crippen LogP contribution in [0, 0.1) is 0 Å². The summed E-state index contributed by atoms with van der Waals surface area (Å²) < 4.78 is 0. The van der Waals surface area contributed by atoms with Crippen molar-refractivity contribution >= 4 is 29.1 Å². The molecule has 0 unspecified atom stereocenters. The third-order valence-corrected chi connectivity index (χ3v) is 1.72. The summed E-state index contributed by atoms with van der Waals surface area (Å²) in [5.74, 6) is 0. The predicted molar refractivity (Wildman–Crippen MR) is 44.0 cm³/mol. The van der Waals surface area contributed by atoms with Gasteiger partial charge >= 0.3 is 17.4 Å². The normalized spacial score (nSPS) is 6.08. The van der Waals surface area contributed by atoms with E-state index in [1.54, 1.807) is 11.8 Å². The molecule has 0 saturated heterocycles. The monoisotopic (exact) mass is 256 g/mol. The number of hydrogen-bond donors (Lipinski definition) is 0. The first-order chi connectivity index (χ1) is 3.93. The molecule has 66 valence electrons. The quantitative estimate of drug-likeness (QED) is 0.356. The summed E-state index contributed by atoms with van der Waals surface area (Å²) in [5.41, 5.74) is 0. The Hall–Kier alpha value is 0.972. The van der Waals surface area contributed by atoms with Crippen LogP contribution >= 0.6 is 11.8 Å². The average Bonchev–Trinajstić information content (AvgIpc) is 1.90. The third kappa shape index (κ3) is 9.06. The zero-order valence-electron chi connectivity index (χ0n) is 6.51. The number of benzene rings is 1. The summed E-state index contributed by atoms with van der Waals surface area (Å²) in [6.45, 7) is 0. The Kier molecular flexibility index (Phi) is 27.9. The van der Waals surface area contributed by atoms with Crippen molar-refractivity contribution in [2.45, 2.75) is 4.90 Å². The van der Waals surface area contributed by atoms with Gasteiger partial charge in [-0.2, -0.15) is 0 Å². The fourth-order valence-electron chi connectivity index (χ4n) is 0.557. The Morgan fingerprint density at radius 1 is 0.917 bits per heavy atom. The van der Waals surface area contributed by atoms with Crippen LogP contribution in [0.5, 0.6) is 0 Å². The Labute approximate surface area is 107 Å². The van der Waals surface area contributed by atoms with Gasteiger partial charge in [0, 0.05) is 4.90 Å². The largest absolute Gasteiger partial charge is 3.00 e. The molecule has 0 radical (unpaired) electrons. The van der Waals surface area contributed by atoms with Crippen LogP contribution < -0.4 is 37.2 Å². The second-order valence-electron chi connectivity index (χ2n) is 1.52. The third-order valence-electron chi connectivity index (χ3n) is 0.979. The van der Waals surface area contributed by atoms with Gasteiger partial charge in [0.1, 0.15) is 0 Å². The topological polar surface area (TPSA) is 0 Å². The molecule has 0 atom stereocenters. The van der Waals surface area contributed by atoms with E-state index in [0.29, 0.717) is 0 Å². The molecule has 0 fully saturated rings. The van der Waals surface area contributed by atoms with E-state index in [1.165, 1.54) is 4.90 Å². The molecule has 0 nitrogen and oxygen atoms in total. The van der Waals surface area contributed by atoms with Crippen LogP contribution in [0.1, 0.15) is 0 Å². The van der Waals surface area contributed by atoms with Crippen molar-refractivity contribution in [1.82, 2.24) is 0 Å². The van der Waals surface area contributed by atoms with Crippen molar-refractivity contribution < 1.29 is 37.2 Å². The number of halogens is 3. The zero-order valence-corrected chi connectivity index (χ0v) is 10.7. The summed E-state index contributed by atoms with van der Waals surface area (Å²) in [7, 11) is 0. The fourth-order valence-corrected chi connectivity index (χ4v) is 0.986. The molecular formula is C7H8AlCl3S. The van der Waals surface area contributed by atoms with Crippen LogP contribution in [0.4, 0.5) is 0 Å².